The highest BCUT2D eigenvalue weighted by atomic mass is 79.9. The second kappa shape index (κ2) is 6.21. The van der Waals surface area contributed by atoms with E-state index in [-0.39, 0.29) is 0 Å². The lowest BCUT2D eigenvalue weighted by Gasteiger charge is -2.06. The molecule has 0 aliphatic heterocycles. The van der Waals surface area contributed by atoms with Crippen LogP contribution >= 0.6 is 50.5 Å². The molecule has 1 nitrogen and oxygen atoms in total. The van der Waals surface area contributed by atoms with Crippen molar-refractivity contribution in [1.82, 2.24) is 5.32 Å². The second-order valence-electron chi connectivity index (χ2n) is 3.55. The Morgan fingerprint density at radius 3 is 2.59 bits per heavy atom. The Labute approximate surface area is 123 Å². The van der Waals surface area contributed by atoms with E-state index in [1.165, 1.54) is 4.88 Å². The smallest absolute Gasteiger partial charge is 0.0931 e. The predicted molar refractivity (Wildman–Crippen MR) is 79.0 cm³/mol. The summed E-state index contributed by atoms with van der Waals surface area (Å²) < 4.78 is 1.82. The van der Waals surface area contributed by atoms with Gasteiger partial charge in [-0.05, 0) is 29.8 Å². The van der Waals surface area contributed by atoms with Gasteiger partial charge in [0.1, 0.15) is 0 Å². The van der Waals surface area contributed by atoms with Crippen LogP contribution in [0.15, 0.2) is 34.8 Å². The summed E-state index contributed by atoms with van der Waals surface area (Å²) in [6.45, 7) is 1.56. The van der Waals surface area contributed by atoms with Gasteiger partial charge < -0.3 is 5.32 Å². The molecule has 0 fully saturated rings. The SMILES string of the molecule is Clc1ccc(CNCc2ccc(Br)cc2Cl)s1. The van der Waals surface area contributed by atoms with E-state index in [2.05, 4.69) is 21.2 Å². The van der Waals surface area contributed by atoms with Crippen molar-refractivity contribution in [3.8, 4) is 0 Å². The Balaban J connectivity index is 1.90. The summed E-state index contributed by atoms with van der Waals surface area (Å²) in [6.07, 6.45) is 0. The number of hydrogen-bond acceptors (Lipinski definition) is 2. The number of halogens is 3. The third-order valence-corrected chi connectivity index (χ3v) is 4.33. The zero-order chi connectivity index (χ0) is 12.3. The molecule has 0 saturated carbocycles. The van der Waals surface area contributed by atoms with E-state index in [1.807, 2.05) is 30.3 Å². The fourth-order valence-corrected chi connectivity index (χ4v) is 3.23. The molecule has 0 saturated heterocycles. The van der Waals surface area contributed by atoms with Crippen molar-refractivity contribution in [2.24, 2.45) is 0 Å². The van der Waals surface area contributed by atoms with E-state index in [0.717, 1.165) is 32.5 Å². The van der Waals surface area contributed by atoms with E-state index >= 15 is 0 Å². The highest BCUT2D eigenvalue weighted by Crippen LogP contribution is 2.23. The molecular formula is C12H10BrCl2NS. The van der Waals surface area contributed by atoms with Gasteiger partial charge in [0.2, 0.25) is 0 Å². The van der Waals surface area contributed by atoms with Crippen LogP contribution in [0.3, 0.4) is 0 Å². The maximum atomic E-state index is 6.13. The number of hydrogen-bond donors (Lipinski definition) is 1. The minimum absolute atomic E-state index is 0.752. The molecule has 0 aliphatic rings. The fraction of sp³-hybridized carbons (Fsp3) is 0.167. The summed E-state index contributed by atoms with van der Waals surface area (Å²) in [7, 11) is 0. The second-order valence-corrected chi connectivity index (χ2v) is 6.67. The first kappa shape index (κ1) is 13.4. The molecule has 1 heterocycles. The molecule has 0 amide bonds. The standard InChI is InChI=1S/C12H10BrCl2NS/c13-9-2-1-8(11(14)5-9)6-16-7-10-3-4-12(15)17-10/h1-5,16H,6-7H2. The van der Waals surface area contributed by atoms with Gasteiger partial charge in [-0.1, -0.05) is 45.2 Å². The van der Waals surface area contributed by atoms with Gasteiger partial charge >= 0.3 is 0 Å². The lowest BCUT2D eigenvalue weighted by Crippen LogP contribution is -2.11. The lowest BCUT2D eigenvalue weighted by molar-refractivity contribution is 0.701. The highest BCUT2D eigenvalue weighted by molar-refractivity contribution is 9.10. The molecule has 2 aromatic rings. The number of thiophene rings is 1. The highest BCUT2D eigenvalue weighted by Gasteiger charge is 2.02. The van der Waals surface area contributed by atoms with Gasteiger partial charge in [-0.15, -0.1) is 11.3 Å². The van der Waals surface area contributed by atoms with Crippen molar-refractivity contribution in [2.75, 3.05) is 0 Å². The van der Waals surface area contributed by atoms with E-state index in [1.54, 1.807) is 11.3 Å². The summed E-state index contributed by atoms with van der Waals surface area (Å²) in [5.41, 5.74) is 1.09. The molecule has 0 bridgehead atoms. The van der Waals surface area contributed by atoms with E-state index in [4.69, 9.17) is 23.2 Å². The number of nitrogens with one attached hydrogen (secondary N) is 1. The third kappa shape index (κ3) is 3.97. The minimum atomic E-state index is 0.752. The van der Waals surface area contributed by atoms with Crippen molar-refractivity contribution in [2.45, 2.75) is 13.1 Å². The lowest BCUT2D eigenvalue weighted by atomic mass is 10.2. The Morgan fingerprint density at radius 2 is 1.94 bits per heavy atom. The first-order chi connectivity index (χ1) is 8.15. The molecule has 90 valence electrons. The van der Waals surface area contributed by atoms with Crippen LogP contribution in [0.1, 0.15) is 10.4 Å². The van der Waals surface area contributed by atoms with Crippen molar-refractivity contribution in [1.29, 1.82) is 0 Å². The predicted octanol–water partition coefficient (Wildman–Crippen LogP) is 5.11. The van der Waals surface area contributed by atoms with Gasteiger partial charge in [-0.3, -0.25) is 0 Å². The van der Waals surface area contributed by atoms with Crippen LogP contribution in [-0.4, -0.2) is 0 Å². The van der Waals surface area contributed by atoms with E-state index < -0.39 is 0 Å². The summed E-state index contributed by atoms with van der Waals surface area (Å²) in [4.78, 5) is 1.23. The van der Waals surface area contributed by atoms with Crippen LogP contribution < -0.4 is 5.32 Å². The molecule has 1 N–H and O–H groups in total. The van der Waals surface area contributed by atoms with Crippen molar-refractivity contribution in [3.05, 3.63) is 54.6 Å². The molecule has 1 aromatic carbocycles. The molecule has 0 radical (unpaired) electrons. The molecule has 1 aromatic heterocycles. The minimum Gasteiger partial charge on any atom is -0.308 e. The molecular weight excluding hydrogens is 341 g/mol. The van der Waals surface area contributed by atoms with Crippen LogP contribution in [0.2, 0.25) is 9.36 Å². The van der Waals surface area contributed by atoms with Gasteiger partial charge in [-0.25, -0.2) is 0 Å². The topological polar surface area (TPSA) is 12.0 Å². The third-order valence-electron chi connectivity index (χ3n) is 2.26. The molecule has 5 heteroatoms. The average molecular weight is 351 g/mol. The summed E-state index contributed by atoms with van der Waals surface area (Å²) in [5.74, 6) is 0. The zero-order valence-corrected chi connectivity index (χ0v) is 12.8. The van der Waals surface area contributed by atoms with Crippen LogP contribution in [0.4, 0.5) is 0 Å². The molecule has 0 aliphatic carbocycles. The molecule has 0 spiro atoms. The number of rotatable bonds is 4. The first-order valence-electron chi connectivity index (χ1n) is 5.04. The van der Waals surface area contributed by atoms with Gasteiger partial charge in [-0.2, -0.15) is 0 Å². The van der Waals surface area contributed by atoms with Gasteiger partial charge in [0, 0.05) is 27.5 Å². The van der Waals surface area contributed by atoms with Crippen molar-refractivity contribution in [3.63, 3.8) is 0 Å². The number of benzene rings is 1. The first-order valence-corrected chi connectivity index (χ1v) is 7.40. The quantitative estimate of drug-likeness (QED) is 0.808. The molecule has 2 rings (SSSR count). The van der Waals surface area contributed by atoms with Crippen LogP contribution in [0.25, 0.3) is 0 Å². The molecule has 17 heavy (non-hydrogen) atoms. The maximum Gasteiger partial charge on any atom is 0.0931 e. The average Bonchev–Trinajstić information content (AvgIpc) is 2.68. The maximum absolute atomic E-state index is 6.13. The molecule has 0 unspecified atom stereocenters. The Bertz CT molecular complexity index is 513. The largest absolute Gasteiger partial charge is 0.308 e. The summed E-state index contributed by atoms with van der Waals surface area (Å²) in [6, 6.07) is 9.85. The molecule has 0 atom stereocenters. The van der Waals surface area contributed by atoms with Gasteiger partial charge in [0.25, 0.3) is 0 Å². The van der Waals surface area contributed by atoms with Crippen LogP contribution in [0, 0.1) is 0 Å². The zero-order valence-electron chi connectivity index (χ0n) is 8.84. The van der Waals surface area contributed by atoms with Crippen LogP contribution in [0.5, 0.6) is 0 Å². The van der Waals surface area contributed by atoms with Gasteiger partial charge in [0.15, 0.2) is 0 Å². The Kier molecular flexibility index (Phi) is 4.88. The van der Waals surface area contributed by atoms with Crippen molar-refractivity contribution < 1.29 is 0 Å². The Morgan fingerprint density at radius 1 is 1.12 bits per heavy atom. The Hall–Kier alpha value is -0.0600. The van der Waals surface area contributed by atoms with Crippen molar-refractivity contribution >= 4 is 50.5 Å². The fourth-order valence-electron chi connectivity index (χ4n) is 1.43. The van der Waals surface area contributed by atoms with E-state index in [0.29, 0.717) is 0 Å². The summed E-state index contributed by atoms with van der Waals surface area (Å²) in [5, 5.41) is 4.12. The normalized spacial score (nSPS) is 10.8. The van der Waals surface area contributed by atoms with Crippen LogP contribution in [-0.2, 0) is 13.1 Å². The summed E-state index contributed by atoms with van der Waals surface area (Å²) >= 11 is 17.0. The van der Waals surface area contributed by atoms with Gasteiger partial charge in [0.05, 0.1) is 4.34 Å². The monoisotopic (exact) mass is 349 g/mol. The van der Waals surface area contributed by atoms with E-state index in [9.17, 15) is 0 Å².